The molecular weight excluding hydrogens is 453 g/mol. The van der Waals surface area contributed by atoms with Gasteiger partial charge in [-0.15, -0.1) is 0 Å². The predicted molar refractivity (Wildman–Crippen MR) is 143 cm³/mol. The molecule has 2 unspecified atom stereocenters. The number of fused-ring (bicyclic) bond motifs is 1. The van der Waals surface area contributed by atoms with E-state index < -0.39 is 5.66 Å². The number of halogens is 1. The van der Waals surface area contributed by atoms with Crippen LogP contribution in [0.2, 0.25) is 0 Å². The molecule has 0 bridgehead atoms. The Hall–Kier alpha value is -2.76. The summed E-state index contributed by atoms with van der Waals surface area (Å²) in [6.45, 7) is 4.34. The number of aryl methyl sites for hydroxylation is 2. The SMILES string of the molecule is Cc1ccc(C)c(OCC2(C(C(=O)NC3CCCCC3)C3CCCCC3)Nc3ccc(F)cc3N2)c1. The van der Waals surface area contributed by atoms with Gasteiger partial charge in [-0.3, -0.25) is 4.79 Å². The Balaban J connectivity index is 1.49. The van der Waals surface area contributed by atoms with Gasteiger partial charge in [0.25, 0.3) is 0 Å². The molecule has 0 radical (unpaired) electrons. The number of amides is 1. The van der Waals surface area contributed by atoms with Crippen molar-refractivity contribution >= 4 is 17.3 Å². The van der Waals surface area contributed by atoms with E-state index >= 15 is 0 Å². The quantitative estimate of drug-likeness (QED) is 0.402. The highest BCUT2D eigenvalue weighted by Gasteiger charge is 2.51. The summed E-state index contributed by atoms with van der Waals surface area (Å²) in [6.07, 6.45) is 11.2. The molecule has 0 spiro atoms. The number of benzene rings is 2. The highest BCUT2D eigenvalue weighted by molar-refractivity contribution is 5.86. The van der Waals surface area contributed by atoms with E-state index in [-0.39, 0.29) is 36.2 Å². The summed E-state index contributed by atoms with van der Waals surface area (Å²) >= 11 is 0. The Labute approximate surface area is 214 Å². The van der Waals surface area contributed by atoms with Crippen LogP contribution < -0.4 is 20.7 Å². The minimum Gasteiger partial charge on any atom is -0.489 e. The van der Waals surface area contributed by atoms with Gasteiger partial charge in [0.15, 0.2) is 5.66 Å². The van der Waals surface area contributed by atoms with E-state index in [9.17, 15) is 9.18 Å². The molecule has 5 rings (SSSR count). The van der Waals surface area contributed by atoms with Gasteiger partial charge < -0.3 is 20.7 Å². The second-order valence-electron chi connectivity index (χ2n) is 11.2. The number of carbonyl (C=O) groups excluding carboxylic acids is 1. The van der Waals surface area contributed by atoms with Gasteiger partial charge in [-0.2, -0.15) is 0 Å². The van der Waals surface area contributed by atoms with Crippen molar-refractivity contribution in [2.75, 3.05) is 17.2 Å². The van der Waals surface area contributed by atoms with E-state index in [1.54, 1.807) is 6.07 Å². The van der Waals surface area contributed by atoms with E-state index in [0.717, 1.165) is 61.1 Å². The number of ether oxygens (including phenoxy) is 1. The fourth-order valence-corrected chi connectivity index (χ4v) is 6.46. The lowest BCUT2D eigenvalue weighted by atomic mass is 9.73. The third-order valence-corrected chi connectivity index (χ3v) is 8.38. The van der Waals surface area contributed by atoms with Gasteiger partial charge in [0, 0.05) is 6.04 Å². The van der Waals surface area contributed by atoms with E-state index in [2.05, 4.69) is 35.0 Å². The van der Waals surface area contributed by atoms with Crippen LogP contribution in [0.4, 0.5) is 15.8 Å². The first kappa shape index (κ1) is 24.9. The summed E-state index contributed by atoms with van der Waals surface area (Å²) in [4.78, 5) is 14.1. The summed E-state index contributed by atoms with van der Waals surface area (Å²) in [7, 11) is 0. The van der Waals surface area contributed by atoms with Crippen molar-refractivity contribution in [1.82, 2.24) is 5.32 Å². The third-order valence-electron chi connectivity index (χ3n) is 8.38. The summed E-state index contributed by atoms with van der Waals surface area (Å²) in [5, 5.41) is 10.6. The van der Waals surface area contributed by atoms with Crippen molar-refractivity contribution in [1.29, 1.82) is 0 Å². The van der Waals surface area contributed by atoms with Crippen molar-refractivity contribution in [3.8, 4) is 5.75 Å². The van der Waals surface area contributed by atoms with E-state index in [1.807, 2.05) is 13.0 Å². The van der Waals surface area contributed by atoms with Crippen LogP contribution in [0.15, 0.2) is 36.4 Å². The van der Waals surface area contributed by atoms with Gasteiger partial charge in [0.1, 0.15) is 18.2 Å². The smallest absolute Gasteiger partial charge is 0.228 e. The molecule has 2 saturated carbocycles. The summed E-state index contributed by atoms with van der Waals surface area (Å²) < 4.78 is 20.7. The van der Waals surface area contributed by atoms with Crippen LogP contribution in [0.3, 0.4) is 0 Å². The molecular formula is C30H40FN3O2. The Morgan fingerprint density at radius 3 is 2.42 bits per heavy atom. The average Bonchev–Trinajstić information content (AvgIpc) is 3.24. The number of nitrogens with one attached hydrogen (secondary N) is 3. The Kier molecular flexibility index (Phi) is 7.40. The monoisotopic (exact) mass is 493 g/mol. The van der Waals surface area contributed by atoms with Gasteiger partial charge in [0.2, 0.25) is 5.91 Å². The van der Waals surface area contributed by atoms with Crippen LogP contribution in [-0.4, -0.2) is 24.2 Å². The molecule has 194 valence electrons. The molecule has 5 nitrogen and oxygen atoms in total. The van der Waals surface area contributed by atoms with Gasteiger partial charge >= 0.3 is 0 Å². The lowest BCUT2D eigenvalue weighted by Crippen LogP contribution is -2.61. The second-order valence-corrected chi connectivity index (χ2v) is 11.2. The molecule has 2 aliphatic carbocycles. The molecule has 2 aromatic carbocycles. The van der Waals surface area contributed by atoms with Crippen LogP contribution in [0.25, 0.3) is 0 Å². The zero-order valence-electron chi connectivity index (χ0n) is 21.7. The molecule has 0 aromatic heterocycles. The Bertz CT molecular complexity index is 1080. The lowest BCUT2D eigenvalue weighted by molar-refractivity contribution is -0.130. The topological polar surface area (TPSA) is 62.4 Å². The fraction of sp³-hybridized carbons (Fsp3) is 0.567. The fourth-order valence-electron chi connectivity index (χ4n) is 6.46. The zero-order valence-corrected chi connectivity index (χ0v) is 21.7. The number of carbonyl (C=O) groups is 1. The van der Waals surface area contributed by atoms with Gasteiger partial charge in [-0.25, -0.2) is 4.39 Å². The molecule has 36 heavy (non-hydrogen) atoms. The normalized spacial score (nSPS) is 23.3. The second kappa shape index (κ2) is 10.7. The molecule has 2 aromatic rings. The molecule has 1 amide bonds. The van der Waals surface area contributed by atoms with Crippen LogP contribution in [-0.2, 0) is 4.79 Å². The lowest BCUT2D eigenvalue weighted by Gasteiger charge is -2.43. The van der Waals surface area contributed by atoms with Crippen LogP contribution in [0.1, 0.15) is 75.3 Å². The van der Waals surface area contributed by atoms with Gasteiger partial charge in [-0.1, -0.05) is 50.7 Å². The van der Waals surface area contributed by atoms with E-state index in [4.69, 9.17) is 4.74 Å². The van der Waals surface area contributed by atoms with E-state index in [1.165, 1.54) is 37.8 Å². The molecule has 2 atom stereocenters. The van der Waals surface area contributed by atoms with Crippen LogP contribution in [0.5, 0.6) is 5.75 Å². The zero-order chi connectivity index (χ0) is 25.1. The number of rotatable bonds is 7. The minimum atomic E-state index is -0.868. The van der Waals surface area contributed by atoms with Crippen molar-refractivity contribution < 1.29 is 13.9 Å². The number of hydrogen-bond acceptors (Lipinski definition) is 4. The van der Waals surface area contributed by atoms with Crippen LogP contribution in [0, 0.1) is 31.5 Å². The Morgan fingerprint density at radius 1 is 0.972 bits per heavy atom. The molecule has 3 N–H and O–H groups in total. The minimum absolute atomic E-state index is 0.0895. The summed E-state index contributed by atoms with van der Waals surface area (Å²) in [5.74, 6) is 0.487. The van der Waals surface area contributed by atoms with E-state index in [0.29, 0.717) is 5.69 Å². The molecule has 3 aliphatic rings. The highest BCUT2D eigenvalue weighted by atomic mass is 19.1. The maximum absolute atomic E-state index is 14.2. The molecule has 2 fully saturated rings. The van der Waals surface area contributed by atoms with Crippen molar-refractivity contribution in [2.45, 2.75) is 89.8 Å². The number of anilines is 2. The first-order valence-corrected chi connectivity index (χ1v) is 13.8. The molecule has 1 aliphatic heterocycles. The average molecular weight is 494 g/mol. The van der Waals surface area contributed by atoms with Crippen LogP contribution >= 0.6 is 0 Å². The first-order chi connectivity index (χ1) is 17.4. The largest absolute Gasteiger partial charge is 0.489 e. The maximum atomic E-state index is 14.2. The van der Waals surface area contributed by atoms with Gasteiger partial charge in [-0.05, 0) is 80.8 Å². The predicted octanol–water partition coefficient (Wildman–Crippen LogP) is 6.70. The van der Waals surface area contributed by atoms with Crippen molar-refractivity contribution in [3.63, 3.8) is 0 Å². The maximum Gasteiger partial charge on any atom is 0.228 e. The molecule has 0 saturated heterocycles. The number of hydrogen-bond donors (Lipinski definition) is 3. The first-order valence-electron chi connectivity index (χ1n) is 13.8. The van der Waals surface area contributed by atoms with Crippen molar-refractivity contribution in [3.05, 3.63) is 53.3 Å². The molecule has 6 heteroatoms. The standard InChI is InChI=1S/C30H40FN3O2/c1-20-13-14-21(2)27(17-20)36-19-30(33-25-16-15-23(31)18-26(25)34-30)28(22-9-5-3-6-10-22)29(35)32-24-11-7-4-8-12-24/h13-18,22,24,28,33-34H,3-12,19H2,1-2H3,(H,32,35). The van der Waals surface area contributed by atoms with Crippen molar-refractivity contribution in [2.24, 2.45) is 11.8 Å². The Morgan fingerprint density at radius 2 is 1.67 bits per heavy atom. The molecule has 1 heterocycles. The van der Waals surface area contributed by atoms with Gasteiger partial charge in [0.05, 0.1) is 17.3 Å². The summed E-state index contributed by atoms with van der Waals surface area (Å²) in [6, 6.07) is 11.1. The highest BCUT2D eigenvalue weighted by Crippen LogP contribution is 2.44. The summed E-state index contributed by atoms with van der Waals surface area (Å²) in [5.41, 5.74) is 2.81. The third kappa shape index (κ3) is 5.33.